The molecule has 2 aromatic carbocycles. The highest BCUT2D eigenvalue weighted by atomic mass is 19.4. The highest BCUT2D eigenvalue weighted by Gasteiger charge is 2.31. The Hall–Kier alpha value is -3.75. The maximum Gasteiger partial charge on any atom is 0.416 e. The molecule has 3 rings (SSSR count). The third-order valence-corrected chi connectivity index (χ3v) is 5.36. The number of carboxylic acid groups (broad SMARTS) is 1. The van der Waals surface area contributed by atoms with Crippen molar-refractivity contribution in [2.75, 3.05) is 13.7 Å². The Kier molecular flexibility index (Phi) is 7.57. The zero-order valence-corrected chi connectivity index (χ0v) is 19.8. The molecular weight excluding hydrogens is 463 g/mol. The molecule has 0 fully saturated rings. The molecule has 1 heterocycles. The summed E-state index contributed by atoms with van der Waals surface area (Å²) >= 11 is 0. The van der Waals surface area contributed by atoms with Crippen LogP contribution in [0.3, 0.4) is 0 Å². The third-order valence-electron chi connectivity index (χ3n) is 5.36. The van der Waals surface area contributed by atoms with Crippen molar-refractivity contribution in [3.63, 3.8) is 0 Å². The van der Waals surface area contributed by atoms with Crippen molar-refractivity contribution < 1.29 is 37.3 Å². The minimum atomic E-state index is -4.38. The number of aliphatic carboxylic acids is 1. The fourth-order valence-electron chi connectivity index (χ4n) is 3.26. The molecular formula is C26H26F3NO5. The first-order chi connectivity index (χ1) is 16.4. The Bertz CT molecular complexity index is 1190. The first-order valence-electron chi connectivity index (χ1n) is 10.8. The lowest BCUT2D eigenvalue weighted by Crippen LogP contribution is -2.37. The number of methoxy groups -OCH3 is 1. The Balaban J connectivity index is 1.64. The SMILES string of the molecule is COc1cc(OCCc2ccc(-c3ccc(C(F)(F)F)cc3)nc2C)ccc1OC(C)(C)C(=O)O. The highest BCUT2D eigenvalue weighted by Crippen LogP contribution is 2.34. The number of pyridine rings is 1. The number of aromatic nitrogens is 1. The van der Waals surface area contributed by atoms with E-state index in [1.165, 1.54) is 33.1 Å². The molecule has 0 spiro atoms. The highest BCUT2D eigenvalue weighted by molar-refractivity contribution is 5.77. The Morgan fingerprint density at radius 2 is 1.69 bits per heavy atom. The zero-order valence-electron chi connectivity index (χ0n) is 19.8. The lowest BCUT2D eigenvalue weighted by Gasteiger charge is -2.23. The molecule has 0 aliphatic rings. The quantitative estimate of drug-likeness (QED) is 0.400. The number of halogens is 3. The molecule has 3 aromatic rings. The van der Waals surface area contributed by atoms with Crippen molar-refractivity contribution in [3.05, 3.63) is 71.4 Å². The fraction of sp³-hybridized carbons (Fsp3) is 0.308. The van der Waals surface area contributed by atoms with Crippen LogP contribution in [0.25, 0.3) is 11.3 Å². The van der Waals surface area contributed by atoms with Gasteiger partial charge in [0.2, 0.25) is 0 Å². The van der Waals surface area contributed by atoms with Crippen LogP contribution in [0.1, 0.15) is 30.7 Å². The van der Waals surface area contributed by atoms with Gasteiger partial charge < -0.3 is 19.3 Å². The van der Waals surface area contributed by atoms with Crippen molar-refractivity contribution in [1.82, 2.24) is 4.98 Å². The standard InChI is InChI=1S/C26H26F3NO5/c1-16-17(7-11-21(30-16)18-5-8-19(9-6-18)26(27,28)29)13-14-34-20-10-12-22(23(15-20)33-4)35-25(2,3)24(31)32/h5-12,15H,13-14H2,1-4H3,(H,31,32). The van der Waals surface area contributed by atoms with Crippen LogP contribution < -0.4 is 14.2 Å². The maximum atomic E-state index is 12.8. The van der Waals surface area contributed by atoms with Crippen molar-refractivity contribution >= 4 is 5.97 Å². The van der Waals surface area contributed by atoms with Gasteiger partial charge in [0, 0.05) is 23.7 Å². The fourth-order valence-corrected chi connectivity index (χ4v) is 3.26. The third kappa shape index (κ3) is 6.44. The average molecular weight is 489 g/mol. The second-order valence-corrected chi connectivity index (χ2v) is 8.34. The number of alkyl halides is 3. The zero-order chi connectivity index (χ0) is 25.8. The number of carboxylic acids is 1. The van der Waals surface area contributed by atoms with Crippen LogP contribution in [0, 0.1) is 6.92 Å². The van der Waals surface area contributed by atoms with Crippen LogP contribution in [0.2, 0.25) is 0 Å². The van der Waals surface area contributed by atoms with Gasteiger partial charge in [-0.2, -0.15) is 13.2 Å². The van der Waals surface area contributed by atoms with Gasteiger partial charge in [-0.25, -0.2) is 4.79 Å². The number of hydrogen-bond donors (Lipinski definition) is 1. The van der Waals surface area contributed by atoms with Gasteiger partial charge in [-0.15, -0.1) is 0 Å². The second kappa shape index (κ2) is 10.2. The van der Waals surface area contributed by atoms with Crippen LogP contribution >= 0.6 is 0 Å². The van der Waals surface area contributed by atoms with Gasteiger partial charge in [-0.1, -0.05) is 18.2 Å². The van der Waals surface area contributed by atoms with Crippen molar-refractivity contribution in [2.24, 2.45) is 0 Å². The monoisotopic (exact) mass is 489 g/mol. The molecule has 186 valence electrons. The average Bonchev–Trinajstić information content (AvgIpc) is 2.80. The number of rotatable bonds is 9. The van der Waals surface area contributed by atoms with Crippen LogP contribution in [0.5, 0.6) is 17.2 Å². The maximum absolute atomic E-state index is 12.8. The Labute approximate surface area is 201 Å². The molecule has 0 radical (unpaired) electrons. The molecule has 0 saturated heterocycles. The largest absolute Gasteiger partial charge is 0.493 e. The molecule has 9 heteroatoms. The molecule has 0 amide bonds. The van der Waals surface area contributed by atoms with Gasteiger partial charge in [-0.05, 0) is 56.7 Å². The van der Waals surface area contributed by atoms with Gasteiger partial charge in [0.05, 0.1) is 25.0 Å². The van der Waals surface area contributed by atoms with Crippen molar-refractivity contribution in [2.45, 2.75) is 39.0 Å². The van der Waals surface area contributed by atoms with E-state index in [4.69, 9.17) is 14.2 Å². The Morgan fingerprint density at radius 3 is 2.26 bits per heavy atom. The topological polar surface area (TPSA) is 77.9 Å². The first kappa shape index (κ1) is 25.9. The molecule has 0 unspecified atom stereocenters. The molecule has 0 saturated carbocycles. The van der Waals surface area contributed by atoms with Crippen LogP contribution in [-0.4, -0.2) is 35.4 Å². The first-order valence-corrected chi connectivity index (χ1v) is 10.8. The number of nitrogens with zero attached hydrogens (tertiary/aromatic N) is 1. The molecule has 0 aliphatic heterocycles. The van der Waals surface area contributed by atoms with E-state index in [0.29, 0.717) is 35.8 Å². The van der Waals surface area contributed by atoms with Gasteiger partial charge in [0.25, 0.3) is 0 Å². The summed E-state index contributed by atoms with van der Waals surface area (Å²) in [6.07, 6.45) is -3.82. The lowest BCUT2D eigenvalue weighted by molar-refractivity contribution is -0.152. The summed E-state index contributed by atoms with van der Waals surface area (Å²) in [4.78, 5) is 15.8. The summed E-state index contributed by atoms with van der Waals surface area (Å²) < 4.78 is 55.0. The number of benzene rings is 2. The summed E-state index contributed by atoms with van der Waals surface area (Å²) in [6, 6.07) is 13.4. The van der Waals surface area contributed by atoms with E-state index in [1.54, 1.807) is 24.3 Å². The van der Waals surface area contributed by atoms with Gasteiger partial charge in [0.15, 0.2) is 17.1 Å². The number of carbonyl (C=O) groups is 1. The second-order valence-electron chi connectivity index (χ2n) is 8.34. The molecule has 6 nitrogen and oxygen atoms in total. The molecule has 0 aliphatic carbocycles. The van der Waals surface area contributed by atoms with E-state index in [1.807, 2.05) is 13.0 Å². The predicted molar refractivity (Wildman–Crippen MR) is 124 cm³/mol. The van der Waals surface area contributed by atoms with Crippen molar-refractivity contribution in [3.8, 4) is 28.5 Å². The van der Waals surface area contributed by atoms with E-state index in [9.17, 15) is 23.1 Å². The van der Waals surface area contributed by atoms with Crippen LogP contribution in [-0.2, 0) is 17.4 Å². The smallest absolute Gasteiger partial charge is 0.416 e. The number of aryl methyl sites for hydroxylation is 1. The minimum absolute atomic E-state index is 0.283. The summed E-state index contributed by atoms with van der Waals surface area (Å²) in [5, 5.41) is 9.25. The minimum Gasteiger partial charge on any atom is -0.493 e. The number of ether oxygens (including phenoxy) is 3. The summed E-state index contributed by atoms with van der Waals surface area (Å²) in [7, 11) is 1.45. The number of hydrogen-bond acceptors (Lipinski definition) is 5. The summed E-state index contributed by atoms with van der Waals surface area (Å²) in [5.41, 5.74) is 0.759. The van der Waals surface area contributed by atoms with Crippen LogP contribution in [0.15, 0.2) is 54.6 Å². The Morgan fingerprint density at radius 1 is 1.00 bits per heavy atom. The lowest BCUT2D eigenvalue weighted by atomic mass is 10.1. The molecule has 1 aromatic heterocycles. The molecule has 1 N–H and O–H groups in total. The van der Waals surface area contributed by atoms with E-state index < -0.39 is 23.3 Å². The van der Waals surface area contributed by atoms with Crippen molar-refractivity contribution in [1.29, 1.82) is 0 Å². The molecule has 35 heavy (non-hydrogen) atoms. The van der Waals surface area contributed by atoms with Gasteiger partial charge in [-0.3, -0.25) is 4.98 Å². The predicted octanol–water partition coefficient (Wildman–Crippen LogP) is 5.95. The van der Waals surface area contributed by atoms with E-state index in [-0.39, 0.29) is 5.75 Å². The normalized spacial score (nSPS) is 11.7. The summed E-state index contributed by atoms with van der Waals surface area (Å²) in [5.74, 6) is 0.0456. The summed E-state index contributed by atoms with van der Waals surface area (Å²) in [6.45, 7) is 5.06. The van der Waals surface area contributed by atoms with E-state index >= 15 is 0 Å². The van der Waals surface area contributed by atoms with Crippen LogP contribution in [0.4, 0.5) is 13.2 Å². The van der Waals surface area contributed by atoms with E-state index in [2.05, 4.69) is 4.98 Å². The van der Waals surface area contributed by atoms with E-state index in [0.717, 1.165) is 23.4 Å². The van der Waals surface area contributed by atoms with Gasteiger partial charge in [0.1, 0.15) is 5.75 Å². The van der Waals surface area contributed by atoms with Gasteiger partial charge >= 0.3 is 12.1 Å². The molecule has 0 bridgehead atoms. The molecule has 0 atom stereocenters.